The van der Waals surface area contributed by atoms with Crippen LogP contribution in [-0.2, 0) is 0 Å². The highest BCUT2D eigenvalue weighted by Gasteiger charge is 2.31. The lowest BCUT2D eigenvalue weighted by atomic mass is 10.0. The Morgan fingerprint density at radius 3 is 2.86 bits per heavy atom. The second-order valence-electron chi connectivity index (χ2n) is 5.20. The molecule has 116 valence electrons. The van der Waals surface area contributed by atoms with Crippen LogP contribution in [0.3, 0.4) is 0 Å². The molecule has 0 unspecified atom stereocenters. The van der Waals surface area contributed by atoms with E-state index in [0.29, 0.717) is 12.8 Å². The molecular formula is C14H18F2N2O3. The van der Waals surface area contributed by atoms with Crippen molar-refractivity contribution >= 4 is 5.91 Å². The predicted octanol–water partition coefficient (Wildman–Crippen LogP) is 1.76. The molecule has 1 fully saturated rings. The molecule has 1 amide bonds. The number of hydrogen-bond donors (Lipinski definition) is 2. The third kappa shape index (κ3) is 4.63. The van der Waals surface area contributed by atoms with E-state index in [0.717, 1.165) is 12.8 Å². The maximum Gasteiger partial charge on any atom is 0.272 e. The Morgan fingerprint density at radius 1 is 1.48 bits per heavy atom. The molecule has 1 heterocycles. The van der Waals surface area contributed by atoms with Crippen LogP contribution in [0.1, 0.15) is 36.0 Å². The third-order valence-electron chi connectivity index (χ3n) is 3.47. The molecule has 21 heavy (non-hydrogen) atoms. The molecule has 0 spiro atoms. The van der Waals surface area contributed by atoms with E-state index in [2.05, 4.69) is 10.3 Å². The smallest absolute Gasteiger partial charge is 0.272 e. The van der Waals surface area contributed by atoms with Gasteiger partial charge in [-0.3, -0.25) is 4.79 Å². The number of rotatable bonds is 6. The van der Waals surface area contributed by atoms with E-state index in [4.69, 9.17) is 4.74 Å². The van der Waals surface area contributed by atoms with Crippen LogP contribution in [0.5, 0.6) is 5.88 Å². The number of pyridine rings is 1. The number of alkyl halides is 2. The molecule has 0 radical (unpaired) electrons. The fourth-order valence-corrected chi connectivity index (χ4v) is 2.33. The maximum absolute atomic E-state index is 12.1. The number of ether oxygens (including phenoxy) is 1. The van der Waals surface area contributed by atoms with Crippen molar-refractivity contribution in [1.82, 2.24) is 10.3 Å². The Balaban J connectivity index is 1.91. The number of aliphatic hydroxyl groups is 1. The lowest BCUT2D eigenvalue weighted by Crippen LogP contribution is -2.40. The second-order valence-corrected chi connectivity index (χ2v) is 5.20. The van der Waals surface area contributed by atoms with Gasteiger partial charge in [-0.15, -0.1) is 0 Å². The molecule has 0 saturated heterocycles. The lowest BCUT2D eigenvalue weighted by molar-refractivity contribution is 0.0449. The quantitative estimate of drug-likeness (QED) is 0.840. The minimum Gasteiger partial charge on any atom is -0.472 e. The van der Waals surface area contributed by atoms with E-state index in [-0.39, 0.29) is 23.9 Å². The van der Waals surface area contributed by atoms with Gasteiger partial charge in [0, 0.05) is 24.4 Å². The van der Waals surface area contributed by atoms with Gasteiger partial charge in [-0.25, -0.2) is 13.8 Å². The van der Waals surface area contributed by atoms with Gasteiger partial charge in [-0.1, -0.05) is 12.8 Å². The summed E-state index contributed by atoms with van der Waals surface area (Å²) in [6, 6.07) is 2.76. The van der Waals surface area contributed by atoms with E-state index in [1.807, 2.05) is 0 Å². The summed E-state index contributed by atoms with van der Waals surface area (Å²) >= 11 is 0. The Kier molecular flexibility index (Phi) is 5.06. The number of halogens is 2. The fraction of sp³-hybridized carbons (Fsp3) is 0.571. The first-order valence-electron chi connectivity index (χ1n) is 6.86. The summed E-state index contributed by atoms with van der Waals surface area (Å²) in [5.41, 5.74) is -0.576. The van der Waals surface area contributed by atoms with Crippen molar-refractivity contribution in [2.45, 2.75) is 37.7 Å². The molecule has 7 heteroatoms. The highest BCUT2D eigenvalue weighted by atomic mass is 19.3. The summed E-state index contributed by atoms with van der Waals surface area (Å²) in [4.78, 5) is 15.7. The Labute approximate surface area is 121 Å². The van der Waals surface area contributed by atoms with E-state index in [9.17, 15) is 18.7 Å². The molecule has 0 bridgehead atoms. The highest BCUT2D eigenvalue weighted by Crippen LogP contribution is 2.28. The summed E-state index contributed by atoms with van der Waals surface area (Å²) in [5, 5.41) is 12.8. The van der Waals surface area contributed by atoms with Crippen molar-refractivity contribution in [3.8, 4) is 5.88 Å². The average molecular weight is 300 g/mol. The van der Waals surface area contributed by atoms with Crippen molar-refractivity contribution in [2.24, 2.45) is 0 Å². The summed E-state index contributed by atoms with van der Waals surface area (Å²) in [5.74, 6) is -0.415. The molecule has 1 aliphatic rings. The zero-order valence-corrected chi connectivity index (χ0v) is 11.5. The second kappa shape index (κ2) is 6.80. The van der Waals surface area contributed by atoms with Crippen LogP contribution in [0.4, 0.5) is 8.78 Å². The Bertz CT molecular complexity index is 491. The van der Waals surface area contributed by atoms with Gasteiger partial charge < -0.3 is 15.2 Å². The number of nitrogens with zero attached hydrogens (tertiary/aromatic N) is 1. The van der Waals surface area contributed by atoms with Crippen LogP contribution < -0.4 is 10.1 Å². The van der Waals surface area contributed by atoms with Crippen LogP contribution in [0.15, 0.2) is 18.3 Å². The Morgan fingerprint density at radius 2 is 2.19 bits per heavy atom. The highest BCUT2D eigenvalue weighted by molar-refractivity contribution is 5.94. The van der Waals surface area contributed by atoms with Crippen molar-refractivity contribution in [3.05, 3.63) is 23.9 Å². The lowest BCUT2D eigenvalue weighted by Gasteiger charge is -2.22. The first-order chi connectivity index (χ1) is 9.98. The first-order valence-corrected chi connectivity index (χ1v) is 6.86. The fourth-order valence-electron chi connectivity index (χ4n) is 2.33. The maximum atomic E-state index is 12.1. The van der Waals surface area contributed by atoms with Gasteiger partial charge in [-0.2, -0.15) is 0 Å². The summed E-state index contributed by atoms with van der Waals surface area (Å²) in [7, 11) is 0. The van der Waals surface area contributed by atoms with Crippen molar-refractivity contribution in [2.75, 3.05) is 13.2 Å². The SMILES string of the molecule is O=C(NCC1(O)CCCC1)c1ccnc(OCC(F)F)c1. The summed E-state index contributed by atoms with van der Waals surface area (Å²) < 4.78 is 28.9. The molecule has 1 aromatic heterocycles. The van der Waals surface area contributed by atoms with Crippen LogP contribution in [0.25, 0.3) is 0 Å². The molecule has 1 aromatic rings. The van der Waals surface area contributed by atoms with Gasteiger partial charge in [0.1, 0.15) is 0 Å². The zero-order chi connectivity index (χ0) is 15.3. The first kappa shape index (κ1) is 15.6. The van der Waals surface area contributed by atoms with Crippen LogP contribution in [-0.4, -0.2) is 41.2 Å². The summed E-state index contributed by atoms with van der Waals surface area (Å²) in [6.45, 7) is -0.584. The van der Waals surface area contributed by atoms with Crippen LogP contribution >= 0.6 is 0 Å². The van der Waals surface area contributed by atoms with E-state index in [1.165, 1.54) is 18.3 Å². The van der Waals surface area contributed by atoms with Crippen LogP contribution in [0.2, 0.25) is 0 Å². The molecule has 0 aliphatic heterocycles. The standard InChI is InChI=1S/C14H18F2N2O3/c15-11(16)8-21-12-7-10(3-6-17-12)13(19)18-9-14(20)4-1-2-5-14/h3,6-7,11,20H,1-2,4-5,8-9H2,(H,18,19). The van der Waals surface area contributed by atoms with Crippen molar-refractivity contribution in [1.29, 1.82) is 0 Å². The van der Waals surface area contributed by atoms with Gasteiger partial charge in [0.25, 0.3) is 12.3 Å². The number of nitrogens with one attached hydrogen (secondary N) is 1. The van der Waals surface area contributed by atoms with Crippen LogP contribution in [0, 0.1) is 0 Å². The number of hydrogen-bond acceptors (Lipinski definition) is 4. The van der Waals surface area contributed by atoms with Gasteiger partial charge in [0.15, 0.2) is 6.61 Å². The van der Waals surface area contributed by atoms with Crippen molar-refractivity contribution in [3.63, 3.8) is 0 Å². The largest absolute Gasteiger partial charge is 0.472 e. The number of carbonyl (C=O) groups excluding carboxylic acids is 1. The summed E-state index contributed by atoms with van der Waals surface area (Å²) in [6.07, 6.45) is 1.97. The predicted molar refractivity (Wildman–Crippen MR) is 71.5 cm³/mol. The monoisotopic (exact) mass is 300 g/mol. The van der Waals surface area contributed by atoms with Gasteiger partial charge in [0.2, 0.25) is 5.88 Å². The average Bonchev–Trinajstić information content (AvgIpc) is 2.90. The zero-order valence-electron chi connectivity index (χ0n) is 11.5. The van der Waals surface area contributed by atoms with E-state index in [1.54, 1.807) is 0 Å². The molecule has 2 N–H and O–H groups in total. The van der Waals surface area contributed by atoms with E-state index < -0.39 is 18.6 Å². The molecular weight excluding hydrogens is 282 g/mol. The normalized spacial score (nSPS) is 17.0. The number of amides is 1. The molecule has 5 nitrogen and oxygen atoms in total. The molecule has 1 saturated carbocycles. The van der Waals surface area contributed by atoms with Gasteiger partial charge in [-0.05, 0) is 18.9 Å². The minimum absolute atomic E-state index is 0.0254. The topological polar surface area (TPSA) is 71.5 Å². The number of aromatic nitrogens is 1. The van der Waals surface area contributed by atoms with E-state index >= 15 is 0 Å². The third-order valence-corrected chi connectivity index (χ3v) is 3.47. The molecule has 1 aliphatic carbocycles. The Hall–Kier alpha value is -1.76. The molecule has 2 rings (SSSR count). The minimum atomic E-state index is -2.60. The molecule has 0 aromatic carbocycles. The number of carbonyl (C=O) groups is 1. The van der Waals surface area contributed by atoms with Gasteiger partial charge in [0.05, 0.1) is 5.60 Å². The molecule has 0 atom stereocenters. The van der Waals surface area contributed by atoms with Gasteiger partial charge >= 0.3 is 0 Å². The van der Waals surface area contributed by atoms with Crippen molar-refractivity contribution < 1.29 is 23.4 Å².